The lowest BCUT2D eigenvalue weighted by molar-refractivity contribution is 0.0910. The lowest BCUT2D eigenvalue weighted by Crippen LogP contribution is -2.41. The molecule has 2 heterocycles. The zero-order valence-corrected chi connectivity index (χ0v) is 12.4. The highest BCUT2D eigenvalue weighted by molar-refractivity contribution is 5.94. The van der Waals surface area contributed by atoms with Crippen molar-refractivity contribution in [1.29, 1.82) is 0 Å². The Labute approximate surface area is 130 Å². The molecule has 0 bridgehead atoms. The third-order valence-electron chi connectivity index (χ3n) is 3.41. The summed E-state index contributed by atoms with van der Waals surface area (Å²) in [5, 5.41) is 6.63. The summed E-state index contributed by atoms with van der Waals surface area (Å²) in [6, 6.07) is 3.15. The molecule has 23 heavy (non-hydrogen) atoms. The first-order valence-electron chi connectivity index (χ1n) is 6.80. The Balaban J connectivity index is 1.87. The van der Waals surface area contributed by atoms with Crippen LogP contribution in [0.25, 0.3) is 5.78 Å². The average molecular weight is 317 g/mol. The van der Waals surface area contributed by atoms with E-state index >= 15 is 0 Å². The number of aromatic nitrogens is 4. The van der Waals surface area contributed by atoms with Gasteiger partial charge in [0.15, 0.2) is 0 Å². The Kier molecular flexibility index (Phi) is 3.51. The van der Waals surface area contributed by atoms with E-state index in [1.165, 1.54) is 35.4 Å². The largest absolute Gasteiger partial charge is 0.343 e. The number of amides is 1. The van der Waals surface area contributed by atoms with Gasteiger partial charge in [0.05, 0.1) is 11.1 Å². The second kappa shape index (κ2) is 5.38. The van der Waals surface area contributed by atoms with Gasteiger partial charge in [-0.3, -0.25) is 4.79 Å². The van der Waals surface area contributed by atoms with Gasteiger partial charge in [-0.15, -0.1) is 0 Å². The summed E-state index contributed by atoms with van der Waals surface area (Å²) in [5.74, 6) is -1.47. The molecule has 3 rings (SSSR count). The van der Waals surface area contributed by atoms with Crippen LogP contribution < -0.4 is 5.32 Å². The molecule has 0 saturated heterocycles. The number of rotatable bonds is 3. The monoisotopic (exact) mass is 317 g/mol. The van der Waals surface area contributed by atoms with E-state index in [9.17, 15) is 13.6 Å². The lowest BCUT2D eigenvalue weighted by Gasteiger charge is -2.27. The topological polar surface area (TPSA) is 72.2 Å². The Morgan fingerprint density at radius 3 is 2.57 bits per heavy atom. The van der Waals surface area contributed by atoms with Crippen LogP contribution in [0.3, 0.4) is 0 Å². The van der Waals surface area contributed by atoms with E-state index in [1.54, 1.807) is 13.8 Å². The molecule has 0 radical (unpaired) electrons. The zero-order chi connectivity index (χ0) is 16.6. The highest BCUT2D eigenvalue weighted by atomic mass is 19.1. The van der Waals surface area contributed by atoms with Crippen molar-refractivity contribution in [3.63, 3.8) is 0 Å². The van der Waals surface area contributed by atoms with E-state index in [-0.39, 0.29) is 5.56 Å². The summed E-state index contributed by atoms with van der Waals surface area (Å²) >= 11 is 0. The fraction of sp³-hybridized carbons (Fsp3) is 0.200. The summed E-state index contributed by atoms with van der Waals surface area (Å²) in [6.45, 7) is 3.31. The lowest BCUT2D eigenvalue weighted by atomic mass is 9.93. The van der Waals surface area contributed by atoms with Crippen molar-refractivity contribution >= 4 is 11.7 Å². The molecule has 0 saturated carbocycles. The zero-order valence-electron chi connectivity index (χ0n) is 12.4. The second-order valence-electron chi connectivity index (χ2n) is 5.58. The van der Waals surface area contributed by atoms with Crippen molar-refractivity contribution < 1.29 is 13.6 Å². The Morgan fingerprint density at radius 1 is 1.17 bits per heavy atom. The molecular weight excluding hydrogens is 304 g/mol. The molecule has 6 nitrogen and oxygen atoms in total. The van der Waals surface area contributed by atoms with E-state index in [0.29, 0.717) is 11.3 Å². The minimum absolute atomic E-state index is 0.257. The van der Waals surface area contributed by atoms with Crippen LogP contribution in [-0.4, -0.2) is 25.5 Å². The third kappa shape index (κ3) is 3.01. The van der Waals surface area contributed by atoms with Crippen LogP contribution in [0, 0.1) is 11.6 Å². The third-order valence-corrected chi connectivity index (χ3v) is 3.41. The summed E-state index contributed by atoms with van der Waals surface area (Å²) in [7, 11) is 0. The summed E-state index contributed by atoms with van der Waals surface area (Å²) in [6.07, 6.45) is 4.16. The molecule has 0 aliphatic heterocycles. The minimum atomic E-state index is -0.975. The standard InChI is InChI=1S/C15H13F2N5O/c1-15(2,10-3-11(16)5-12(17)4-10)21-13(23)9-6-18-14-19-8-20-22(14)7-9/h3-8H,1-2H3,(H,21,23). The SMILES string of the molecule is CC(C)(NC(=O)c1cnc2ncnn2c1)c1cc(F)cc(F)c1. The van der Waals surface area contributed by atoms with Crippen molar-refractivity contribution in [3.8, 4) is 0 Å². The highest BCUT2D eigenvalue weighted by Gasteiger charge is 2.25. The maximum absolute atomic E-state index is 13.4. The molecule has 1 N–H and O–H groups in total. The molecule has 0 aliphatic carbocycles. The number of nitrogens with one attached hydrogen (secondary N) is 1. The predicted octanol–water partition coefficient (Wildman–Crippen LogP) is 2.07. The van der Waals surface area contributed by atoms with Crippen molar-refractivity contribution in [2.45, 2.75) is 19.4 Å². The molecule has 1 amide bonds. The second-order valence-corrected chi connectivity index (χ2v) is 5.58. The smallest absolute Gasteiger partial charge is 0.255 e. The van der Waals surface area contributed by atoms with Gasteiger partial charge in [-0.2, -0.15) is 10.1 Å². The number of hydrogen-bond acceptors (Lipinski definition) is 4. The Morgan fingerprint density at radius 2 is 1.87 bits per heavy atom. The van der Waals surface area contributed by atoms with Crippen molar-refractivity contribution in [2.24, 2.45) is 0 Å². The van der Waals surface area contributed by atoms with Crippen molar-refractivity contribution in [1.82, 2.24) is 24.9 Å². The van der Waals surface area contributed by atoms with Crippen molar-refractivity contribution in [2.75, 3.05) is 0 Å². The van der Waals surface area contributed by atoms with E-state index in [0.717, 1.165) is 6.07 Å². The normalized spacial score (nSPS) is 11.7. The molecular formula is C15H13F2N5O. The number of fused-ring (bicyclic) bond motifs is 1. The van der Waals surface area contributed by atoms with Gasteiger partial charge in [0.1, 0.15) is 18.0 Å². The maximum Gasteiger partial charge on any atom is 0.255 e. The molecule has 0 unspecified atom stereocenters. The first-order valence-corrected chi connectivity index (χ1v) is 6.80. The van der Waals surface area contributed by atoms with Crippen LogP contribution in [0.4, 0.5) is 8.78 Å². The summed E-state index contributed by atoms with van der Waals surface area (Å²) in [5.41, 5.74) is -0.400. The first-order chi connectivity index (χ1) is 10.8. The quantitative estimate of drug-likeness (QED) is 0.802. The Bertz CT molecular complexity index is 870. The number of benzene rings is 1. The van der Waals surface area contributed by atoms with Gasteiger partial charge in [0, 0.05) is 18.5 Å². The van der Waals surface area contributed by atoms with E-state index in [1.807, 2.05) is 0 Å². The van der Waals surface area contributed by atoms with Gasteiger partial charge in [0.2, 0.25) is 0 Å². The number of carbonyl (C=O) groups is 1. The predicted molar refractivity (Wildman–Crippen MR) is 77.6 cm³/mol. The van der Waals surface area contributed by atoms with Crippen LogP contribution in [0.15, 0.2) is 36.9 Å². The van der Waals surface area contributed by atoms with Gasteiger partial charge in [-0.1, -0.05) is 0 Å². The summed E-state index contributed by atoms with van der Waals surface area (Å²) in [4.78, 5) is 20.3. The van der Waals surface area contributed by atoms with Gasteiger partial charge in [0.25, 0.3) is 11.7 Å². The van der Waals surface area contributed by atoms with Gasteiger partial charge >= 0.3 is 0 Å². The maximum atomic E-state index is 13.4. The fourth-order valence-electron chi connectivity index (χ4n) is 2.18. The van der Waals surface area contributed by atoms with Crippen molar-refractivity contribution in [3.05, 3.63) is 59.7 Å². The number of halogens is 2. The number of carbonyl (C=O) groups excluding carboxylic acids is 1. The van der Waals surface area contributed by atoms with Crippen LogP contribution in [0.5, 0.6) is 0 Å². The average Bonchev–Trinajstić information content (AvgIpc) is 2.93. The summed E-state index contributed by atoms with van der Waals surface area (Å²) < 4.78 is 28.1. The number of nitrogens with zero attached hydrogens (tertiary/aromatic N) is 4. The minimum Gasteiger partial charge on any atom is -0.343 e. The Hall–Kier alpha value is -2.90. The fourth-order valence-corrected chi connectivity index (χ4v) is 2.18. The van der Waals surface area contributed by atoms with E-state index in [4.69, 9.17) is 0 Å². The van der Waals surface area contributed by atoms with E-state index in [2.05, 4.69) is 20.4 Å². The highest BCUT2D eigenvalue weighted by Crippen LogP contribution is 2.22. The van der Waals surface area contributed by atoms with Crippen LogP contribution in [-0.2, 0) is 5.54 Å². The number of hydrogen-bond donors (Lipinski definition) is 1. The molecule has 8 heteroatoms. The van der Waals surface area contributed by atoms with Gasteiger partial charge in [-0.25, -0.2) is 18.3 Å². The molecule has 0 spiro atoms. The van der Waals surface area contributed by atoms with E-state index < -0.39 is 23.1 Å². The molecule has 0 fully saturated rings. The first kappa shape index (κ1) is 15.0. The molecule has 2 aromatic heterocycles. The molecule has 118 valence electrons. The molecule has 0 aliphatic rings. The molecule has 1 aromatic carbocycles. The molecule has 3 aromatic rings. The van der Waals surface area contributed by atoms with Crippen LogP contribution in [0.1, 0.15) is 29.8 Å². The van der Waals surface area contributed by atoms with Crippen LogP contribution in [0.2, 0.25) is 0 Å². The molecule has 0 atom stereocenters. The van der Waals surface area contributed by atoms with Gasteiger partial charge in [-0.05, 0) is 31.5 Å². The van der Waals surface area contributed by atoms with Gasteiger partial charge < -0.3 is 5.32 Å². The van der Waals surface area contributed by atoms with Crippen LogP contribution >= 0.6 is 0 Å².